The number of rotatable bonds is 6. The summed E-state index contributed by atoms with van der Waals surface area (Å²) < 4.78 is 18.9. The van der Waals surface area contributed by atoms with Crippen LogP contribution in [0.25, 0.3) is 0 Å². The number of hydrogen-bond donors (Lipinski definition) is 1. The van der Waals surface area contributed by atoms with Crippen molar-refractivity contribution < 1.29 is 13.9 Å². The zero-order valence-electron chi connectivity index (χ0n) is 18.4. The molecular formula is C22H34FN5O2. The maximum absolute atomic E-state index is 13.8. The Morgan fingerprint density at radius 3 is 2.50 bits per heavy atom. The second-order valence-electron chi connectivity index (χ2n) is 7.99. The molecular weight excluding hydrogens is 385 g/mol. The van der Waals surface area contributed by atoms with Crippen molar-refractivity contribution in [1.82, 2.24) is 20.0 Å². The van der Waals surface area contributed by atoms with Crippen LogP contribution in [0.2, 0.25) is 0 Å². The van der Waals surface area contributed by atoms with Crippen molar-refractivity contribution >= 4 is 11.9 Å². The first-order valence-electron chi connectivity index (χ1n) is 10.8. The fraction of sp³-hybridized carbons (Fsp3) is 0.636. The number of benzene rings is 1. The van der Waals surface area contributed by atoms with E-state index in [-0.39, 0.29) is 24.4 Å². The van der Waals surface area contributed by atoms with Gasteiger partial charge in [-0.25, -0.2) is 4.39 Å². The predicted octanol–water partition coefficient (Wildman–Crippen LogP) is 1.68. The molecule has 1 atom stereocenters. The molecule has 166 valence electrons. The van der Waals surface area contributed by atoms with E-state index in [1.54, 1.807) is 20.2 Å². The van der Waals surface area contributed by atoms with Gasteiger partial charge in [0.1, 0.15) is 5.82 Å². The molecule has 0 spiro atoms. The Morgan fingerprint density at radius 1 is 1.17 bits per heavy atom. The molecule has 2 heterocycles. The molecule has 0 aliphatic carbocycles. The molecule has 1 aromatic carbocycles. The normalized spacial score (nSPS) is 19.3. The van der Waals surface area contributed by atoms with Crippen LogP contribution in [-0.4, -0.2) is 86.0 Å². The summed E-state index contributed by atoms with van der Waals surface area (Å²) in [6.45, 7) is 7.93. The number of guanidine groups is 1. The van der Waals surface area contributed by atoms with Gasteiger partial charge in [0, 0.05) is 65.5 Å². The Balaban J connectivity index is 1.50. The van der Waals surface area contributed by atoms with Crippen molar-refractivity contribution in [2.24, 2.45) is 4.99 Å². The van der Waals surface area contributed by atoms with Crippen LogP contribution in [-0.2, 0) is 22.7 Å². The highest BCUT2D eigenvalue weighted by Gasteiger charge is 2.30. The number of aliphatic imine (C=N–C) groups is 1. The first-order valence-corrected chi connectivity index (χ1v) is 10.8. The summed E-state index contributed by atoms with van der Waals surface area (Å²) in [5.41, 5.74) is 1.53. The molecule has 0 aromatic heterocycles. The van der Waals surface area contributed by atoms with Gasteiger partial charge in [0.05, 0.1) is 12.6 Å². The average molecular weight is 420 g/mol. The molecule has 8 heteroatoms. The molecule has 0 bridgehead atoms. The van der Waals surface area contributed by atoms with Crippen molar-refractivity contribution in [3.05, 3.63) is 35.1 Å². The number of hydrogen-bond acceptors (Lipinski definition) is 4. The van der Waals surface area contributed by atoms with E-state index in [4.69, 9.17) is 4.74 Å². The molecule has 1 aromatic rings. The molecule has 1 amide bonds. The average Bonchev–Trinajstić information content (AvgIpc) is 3.31. The standard InChI is InChI=1S/C22H34FN5O2/c1-17(21(29)27-8-4-5-9-27)26-10-12-28(13-11-26)22(24-2)25-15-18-6-7-20(23)19(14-18)16-30-3/h6-7,14,17H,4-5,8-13,15-16H2,1-3H3,(H,24,25). The molecule has 1 unspecified atom stereocenters. The van der Waals surface area contributed by atoms with E-state index in [2.05, 4.69) is 20.1 Å². The van der Waals surface area contributed by atoms with E-state index in [1.807, 2.05) is 17.9 Å². The second kappa shape index (κ2) is 10.7. The Bertz CT molecular complexity index is 743. The zero-order chi connectivity index (χ0) is 21.5. The minimum Gasteiger partial charge on any atom is -0.380 e. The second-order valence-corrected chi connectivity index (χ2v) is 7.99. The summed E-state index contributed by atoms with van der Waals surface area (Å²) in [5.74, 6) is 0.830. The van der Waals surface area contributed by atoms with E-state index in [9.17, 15) is 9.18 Å². The highest BCUT2D eigenvalue weighted by Crippen LogP contribution is 2.15. The molecule has 1 N–H and O–H groups in total. The summed E-state index contributed by atoms with van der Waals surface area (Å²) in [5, 5.41) is 3.37. The van der Waals surface area contributed by atoms with Gasteiger partial charge in [0.15, 0.2) is 5.96 Å². The third-order valence-corrected chi connectivity index (χ3v) is 6.01. The van der Waals surface area contributed by atoms with Crippen LogP contribution in [0, 0.1) is 5.82 Å². The van der Waals surface area contributed by atoms with Crippen LogP contribution in [0.1, 0.15) is 30.9 Å². The van der Waals surface area contributed by atoms with Crippen LogP contribution >= 0.6 is 0 Å². The van der Waals surface area contributed by atoms with Gasteiger partial charge in [0.2, 0.25) is 5.91 Å². The maximum atomic E-state index is 13.8. The van der Waals surface area contributed by atoms with Crippen LogP contribution in [0.3, 0.4) is 0 Å². The lowest BCUT2D eigenvalue weighted by molar-refractivity contribution is -0.135. The monoisotopic (exact) mass is 419 g/mol. The minimum absolute atomic E-state index is 0.0707. The fourth-order valence-corrected chi connectivity index (χ4v) is 4.20. The van der Waals surface area contributed by atoms with Gasteiger partial charge in [0.25, 0.3) is 0 Å². The van der Waals surface area contributed by atoms with E-state index in [0.717, 1.165) is 63.6 Å². The van der Waals surface area contributed by atoms with Crippen LogP contribution in [0.4, 0.5) is 4.39 Å². The van der Waals surface area contributed by atoms with Gasteiger partial charge >= 0.3 is 0 Å². The van der Waals surface area contributed by atoms with Gasteiger partial charge in [-0.15, -0.1) is 0 Å². The Hall–Kier alpha value is -2.19. The number of halogens is 1. The van der Waals surface area contributed by atoms with Gasteiger partial charge < -0.3 is 19.9 Å². The zero-order valence-corrected chi connectivity index (χ0v) is 18.4. The minimum atomic E-state index is -0.251. The SMILES string of the molecule is CN=C(NCc1ccc(F)c(COC)c1)N1CCN(C(C)C(=O)N2CCCC2)CC1. The lowest BCUT2D eigenvalue weighted by Gasteiger charge is -2.39. The highest BCUT2D eigenvalue weighted by atomic mass is 19.1. The molecule has 0 radical (unpaired) electrons. The van der Waals surface area contributed by atoms with Gasteiger partial charge in [-0.1, -0.05) is 6.07 Å². The number of piperazine rings is 1. The van der Waals surface area contributed by atoms with Gasteiger partial charge in [-0.05, 0) is 37.5 Å². The van der Waals surface area contributed by atoms with Crippen molar-refractivity contribution in [2.45, 2.75) is 39.0 Å². The fourth-order valence-electron chi connectivity index (χ4n) is 4.20. The van der Waals surface area contributed by atoms with Crippen molar-refractivity contribution in [1.29, 1.82) is 0 Å². The Kier molecular flexibility index (Phi) is 8.04. The number of ether oxygens (including phenoxy) is 1. The number of methoxy groups -OCH3 is 1. The number of nitrogens with one attached hydrogen (secondary N) is 1. The third-order valence-electron chi connectivity index (χ3n) is 6.01. The number of carbonyl (C=O) groups excluding carboxylic acids is 1. The lowest BCUT2D eigenvalue weighted by Crippen LogP contribution is -2.57. The van der Waals surface area contributed by atoms with Crippen molar-refractivity contribution in [3.63, 3.8) is 0 Å². The van der Waals surface area contributed by atoms with Crippen LogP contribution < -0.4 is 5.32 Å². The van der Waals surface area contributed by atoms with E-state index < -0.39 is 0 Å². The summed E-state index contributed by atoms with van der Waals surface area (Å²) in [6, 6.07) is 5.01. The quantitative estimate of drug-likeness (QED) is 0.562. The smallest absolute Gasteiger partial charge is 0.239 e. The molecule has 30 heavy (non-hydrogen) atoms. The lowest BCUT2D eigenvalue weighted by atomic mass is 10.1. The number of amides is 1. The highest BCUT2D eigenvalue weighted by molar-refractivity contribution is 5.82. The molecule has 2 saturated heterocycles. The third kappa shape index (κ3) is 5.49. The van der Waals surface area contributed by atoms with Crippen molar-refractivity contribution in [2.75, 3.05) is 53.4 Å². The molecule has 0 saturated carbocycles. The maximum Gasteiger partial charge on any atom is 0.239 e. The summed E-state index contributed by atoms with van der Waals surface area (Å²) >= 11 is 0. The molecule has 3 rings (SSSR count). The summed E-state index contributed by atoms with van der Waals surface area (Å²) in [7, 11) is 3.33. The van der Waals surface area contributed by atoms with E-state index in [0.29, 0.717) is 12.1 Å². The van der Waals surface area contributed by atoms with Gasteiger partial charge in [-0.2, -0.15) is 0 Å². The number of nitrogens with zero attached hydrogens (tertiary/aromatic N) is 4. The Labute approximate surface area is 178 Å². The molecule has 7 nitrogen and oxygen atoms in total. The first-order chi connectivity index (χ1) is 14.5. The summed E-state index contributed by atoms with van der Waals surface area (Å²) in [6.07, 6.45) is 2.24. The molecule has 2 fully saturated rings. The van der Waals surface area contributed by atoms with Crippen LogP contribution in [0.5, 0.6) is 0 Å². The number of carbonyl (C=O) groups is 1. The molecule has 2 aliphatic rings. The van der Waals surface area contributed by atoms with Crippen molar-refractivity contribution in [3.8, 4) is 0 Å². The Morgan fingerprint density at radius 2 is 1.87 bits per heavy atom. The number of likely N-dealkylation sites (tertiary alicyclic amines) is 1. The van der Waals surface area contributed by atoms with E-state index >= 15 is 0 Å². The largest absolute Gasteiger partial charge is 0.380 e. The molecule has 2 aliphatic heterocycles. The van der Waals surface area contributed by atoms with Gasteiger partial charge in [-0.3, -0.25) is 14.7 Å². The topological polar surface area (TPSA) is 60.4 Å². The first kappa shape index (κ1) is 22.5. The summed E-state index contributed by atoms with van der Waals surface area (Å²) in [4.78, 5) is 23.6. The predicted molar refractivity (Wildman–Crippen MR) is 116 cm³/mol. The van der Waals surface area contributed by atoms with Crippen LogP contribution in [0.15, 0.2) is 23.2 Å². The van der Waals surface area contributed by atoms with E-state index in [1.165, 1.54) is 6.07 Å².